The first kappa shape index (κ1) is 26.8. The third-order valence-electron chi connectivity index (χ3n) is 5.64. The fourth-order valence-corrected chi connectivity index (χ4v) is 4.51. The maximum atomic E-state index is 9.34. The molecule has 0 aromatic heterocycles. The molecule has 0 fully saturated rings. The number of aliphatic hydroxyl groups excluding tert-OH is 1. The predicted molar refractivity (Wildman–Crippen MR) is 126 cm³/mol. The Bertz CT molecular complexity index is 1230. The summed E-state index contributed by atoms with van der Waals surface area (Å²) in [6.07, 6.45) is 4.08. The topological polar surface area (TPSA) is 20.2 Å². The molecule has 0 aliphatic heterocycles. The van der Waals surface area contributed by atoms with Crippen molar-refractivity contribution in [2.75, 3.05) is 6.61 Å². The first-order valence-corrected chi connectivity index (χ1v) is 11.8. The summed E-state index contributed by atoms with van der Waals surface area (Å²) in [6, 6.07) is 26.4. The SMILES string of the molecule is C[C](C)=[Zr+2].OCCCC1=Cc2ccccc2C1c1cccc2c1[cH-]c1ccccc12.[Cl-].[Cl-]. The number of rotatable bonds is 4. The van der Waals surface area contributed by atoms with Crippen LogP contribution in [-0.4, -0.2) is 14.9 Å². The third kappa shape index (κ3) is 5.54. The Morgan fingerprint density at radius 3 is 2.25 bits per heavy atom. The number of halogens is 2. The molecule has 1 aliphatic carbocycles. The molecule has 1 aliphatic rings. The predicted octanol–water partition coefficient (Wildman–Crippen LogP) is 0.767. The van der Waals surface area contributed by atoms with Crippen molar-refractivity contribution in [3.05, 3.63) is 95.1 Å². The Morgan fingerprint density at radius 2 is 1.50 bits per heavy atom. The minimum Gasteiger partial charge on any atom is -1.00 e. The van der Waals surface area contributed by atoms with Crippen LogP contribution in [0, 0.1) is 0 Å². The Hall–Kier alpha value is -1.44. The van der Waals surface area contributed by atoms with Crippen molar-refractivity contribution in [3.63, 3.8) is 0 Å². The molecular formula is C28H27Cl2OZr-. The number of fused-ring (bicyclic) bond motifs is 4. The average Bonchev–Trinajstić information content (AvgIpc) is 3.30. The molecule has 4 aromatic rings. The molecule has 0 saturated carbocycles. The molecule has 164 valence electrons. The van der Waals surface area contributed by atoms with Crippen molar-refractivity contribution < 1.29 is 54.2 Å². The molecule has 0 amide bonds. The Morgan fingerprint density at radius 1 is 0.875 bits per heavy atom. The van der Waals surface area contributed by atoms with Crippen LogP contribution in [0.15, 0.2) is 78.4 Å². The van der Waals surface area contributed by atoms with E-state index in [1.54, 1.807) is 24.2 Å². The standard InChI is InChI=1S/C25H21O.C3H6.2ClH.Zr/c26-14-6-9-19-15-17-7-2-4-11-21(17)25(19)23-13-5-12-22-20-10-3-1-8-18(20)16-24(22)23;1-3-2;;;/h1-5,7-8,10-13,15-16,25-26H,6,9,14H2;1-2H3;2*1H;/q-1;;;;+2/p-2. The van der Waals surface area contributed by atoms with Crippen LogP contribution in [0.4, 0.5) is 0 Å². The van der Waals surface area contributed by atoms with Crippen LogP contribution in [0.1, 0.15) is 49.3 Å². The Balaban J connectivity index is 0.000000562. The first-order chi connectivity index (χ1) is 14.6. The van der Waals surface area contributed by atoms with Gasteiger partial charge in [-0.3, -0.25) is 0 Å². The van der Waals surface area contributed by atoms with Crippen molar-refractivity contribution >= 4 is 30.8 Å². The van der Waals surface area contributed by atoms with Gasteiger partial charge in [-0.2, -0.15) is 0 Å². The molecule has 5 rings (SSSR count). The van der Waals surface area contributed by atoms with Gasteiger partial charge in [0.25, 0.3) is 0 Å². The summed E-state index contributed by atoms with van der Waals surface area (Å²) >= 11 is 1.55. The van der Waals surface area contributed by atoms with Gasteiger partial charge in [-0.15, -0.1) is 33.7 Å². The van der Waals surface area contributed by atoms with Gasteiger partial charge in [0.1, 0.15) is 0 Å². The van der Waals surface area contributed by atoms with E-state index in [0.29, 0.717) is 5.92 Å². The number of aliphatic hydroxyl groups is 1. The van der Waals surface area contributed by atoms with Crippen molar-refractivity contribution in [1.82, 2.24) is 0 Å². The fourth-order valence-electron chi connectivity index (χ4n) is 4.51. The number of hydrogen-bond donors (Lipinski definition) is 1. The van der Waals surface area contributed by atoms with E-state index in [1.165, 1.54) is 47.0 Å². The zero-order valence-electron chi connectivity index (χ0n) is 18.4. The summed E-state index contributed by atoms with van der Waals surface area (Å²) in [5.74, 6) is 0.290. The van der Waals surface area contributed by atoms with Gasteiger partial charge in [-0.05, 0) is 24.0 Å². The molecular weight excluding hydrogens is 514 g/mol. The number of benzene rings is 3. The van der Waals surface area contributed by atoms with Gasteiger partial charge < -0.3 is 29.9 Å². The summed E-state index contributed by atoms with van der Waals surface area (Å²) in [5.41, 5.74) is 5.50. The number of hydrogen-bond acceptors (Lipinski definition) is 1. The number of allylic oxidation sites excluding steroid dienone is 1. The van der Waals surface area contributed by atoms with E-state index in [0.717, 1.165) is 12.8 Å². The first-order valence-electron chi connectivity index (χ1n) is 10.6. The molecule has 1 atom stereocenters. The van der Waals surface area contributed by atoms with Gasteiger partial charge in [-0.1, -0.05) is 77.9 Å². The molecule has 0 heterocycles. The summed E-state index contributed by atoms with van der Waals surface area (Å²) in [7, 11) is 0. The summed E-state index contributed by atoms with van der Waals surface area (Å²) < 4.78 is 1.51. The zero-order valence-corrected chi connectivity index (χ0v) is 22.4. The molecule has 0 saturated heterocycles. The zero-order chi connectivity index (χ0) is 21.1. The van der Waals surface area contributed by atoms with E-state index in [2.05, 4.69) is 92.7 Å². The van der Waals surface area contributed by atoms with Crippen LogP contribution in [0.3, 0.4) is 0 Å². The molecule has 32 heavy (non-hydrogen) atoms. The molecule has 0 radical (unpaired) electrons. The third-order valence-corrected chi connectivity index (χ3v) is 5.64. The molecule has 4 aromatic carbocycles. The Labute approximate surface area is 218 Å². The van der Waals surface area contributed by atoms with Gasteiger partial charge in [0, 0.05) is 12.5 Å². The molecule has 0 bridgehead atoms. The average molecular weight is 542 g/mol. The largest absolute Gasteiger partial charge is 1.00 e. The van der Waals surface area contributed by atoms with E-state index in [-0.39, 0.29) is 31.4 Å². The summed E-state index contributed by atoms with van der Waals surface area (Å²) in [4.78, 5) is 0. The van der Waals surface area contributed by atoms with E-state index in [1.807, 2.05) is 0 Å². The van der Waals surface area contributed by atoms with Gasteiger partial charge >= 0.3 is 41.3 Å². The maximum absolute atomic E-state index is 9.34. The van der Waals surface area contributed by atoms with Crippen molar-refractivity contribution in [1.29, 1.82) is 0 Å². The van der Waals surface area contributed by atoms with Crippen molar-refractivity contribution in [2.45, 2.75) is 32.6 Å². The van der Waals surface area contributed by atoms with Crippen LogP contribution in [0.2, 0.25) is 0 Å². The van der Waals surface area contributed by atoms with E-state index in [9.17, 15) is 5.11 Å². The summed E-state index contributed by atoms with van der Waals surface area (Å²) in [5, 5.41) is 14.7. The van der Waals surface area contributed by atoms with Gasteiger partial charge in [0.2, 0.25) is 0 Å². The van der Waals surface area contributed by atoms with Crippen molar-refractivity contribution in [2.24, 2.45) is 0 Å². The van der Waals surface area contributed by atoms with Crippen molar-refractivity contribution in [3.8, 4) is 0 Å². The van der Waals surface area contributed by atoms with E-state index >= 15 is 0 Å². The Kier molecular flexibility index (Phi) is 10.2. The fraction of sp³-hybridized carbons (Fsp3) is 0.214. The second kappa shape index (κ2) is 12.1. The smallest absolute Gasteiger partial charge is 0.0434 e. The van der Waals surface area contributed by atoms with Crippen LogP contribution in [-0.2, 0) is 24.2 Å². The minimum atomic E-state index is 0. The van der Waals surface area contributed by atoms with Gasteiger partial charge in [0.15, 0.2) is 0 Å². The minimum absolute atomic E-state index is 0. The second-order valence-electron chi connectivity index (χ2n) is 8.15. The van der Waals surface area contributed by atoms with Gasteiger partial charge in [-0.25, -0.2) is 0 Å². The molecule has 1 N–H and O–H groups in total. The molecule has 1 unspecified atom stereocenters. The van der Waals surface area contributed by atoms with Gasteiger partial charge in [0.05, 0.1) is 0 Å². The molecule has 0 spiro atoms. The maximum Gasteiger partial charge on any atom is 0.0434 e. The van der Waals surface area contributed by atoms with E-state index < -0.39 is 0 Å². The second-order valence-corrected chi connectivity index (χ2v) is 10.6. The monoisotopic (exact) mass is 539 g/mol. The van der Waals surface area contributed by atoms with E-state index in [4.69, 9.17) is 0 Å². The normalized spacial score (nSPS) is 14.0. The molecule has 4 heteroatoms. The quantitative estimate of drug-likeness (QED) is 0.379. The summed E-state index contributed by atoms with van der Waals surface area (Å²) in [6.45, 7) is 4.49. The molecule has 1 nitrogen and oxygen atoms in total. The van der Waals surface area contributed by atoms with Crippen LogP contribution >= 0.6 is 0 Å². The van der Waals surface area contributed by atoms with Crippen LogP contribution < -0.4 is 24.8 Å². The van der Waals surface area contributed by atoms with Crippen LogP contribution in [0.25, 0.3) is 27.6 Å². The van der Waals surface area contributed by atoms with Crippen LogP contribution in [0.5, 0.6) is 0 Å².